The Morgan fingerprint density at radius 2 is 1.83 bits per heavy atom. The smallest absolute Gasteiger partial charge is 0.189 e. The van der Waals surface area contributed by atoms with Crippen LogP contribution in [0.3, 0.4) is 0 Å². The van der Waals surface area contributed by atoms with Crippen LogP contribution in [0.5, 0.6) is 5.75 Å². The predicted octanol–water partition coefficient (Wildman–Crippen LogP) is 4.20. The summed E-state index contributed by atoms with van der Waals surface area (Å²) in [4.78, 5) is 4.49. The molecule has 1 saturated carbocycles. The molecule has 1 aliphatic rings. The lowest BCUT2D eigenvalue weighted by molar-refractivity contribution is 0.412. The van der Waals surface area contributed by atoms with Crippen molar-refractivity contribution in [1.29, 1.82) is 0 Å². The van der Waals surface area contributed by atoms with Gasteiger partial charge in [-0.25, -0.2) is 4.99 Å². The highest BCUT2D eigenvalue weighted by molar-refractivity contribution is 14.0. The molecule has 0 spiro atoms. The number of guanidine groups is 1. The zero-order valence-electron chi connectivity index (χ0n) is 14.1. The van der Waals surface area contributed by atoms with Crippen molar-refractivity contribution >= 4 is 40.7 Å². The first-order chi connectivity index (χ1) is 11.2. The standard InChI is InChI=1S/C19H25N3O.HI/c1-23-18-10-9-15-11-14(7-8-16(15)12-18)13-21-19(20)22-17-5-3-2-4-6-17;/h7-12,17H,2-6,13H2,1H3,(H3,20,21,22);1H. The van der Waals surface area contributed by atoms with Gasteiger partial charge in [-0.1, -0.05) is 37.5 Å². The molecule has 24 heavy (non-hydrogen) atoms. The van der Waals surface area contributed by atoms with Crippen LogP contribution in [0.2, 0.25) is 0 Å². The van der Waals surface area contributed by atoms with Crippen LogP contribution in [0.4, 0.5) is 0 Å². The largest absolute Gasteiger partial charge is 0.497 e. The van der Waals surface area contributed by atoms with Crippen molar-refractivity contribution in [3.8, 4) is 5.75 Å². The summed E-state index contributed by atoms with van der Waals surface area (Å²) in [5, 5.41) is 5.72. The molecule has 0 amide bonds. The molecule has 0 atom stereocenters. The van der Waals surface area contributed by atoms with Crippen molar-refractivity contribution in [2.45, 2.75) is 44.7 Å². The highest BCUT2D eigenvalue weighted by atomic mass is 127. The van der Waals surface area contributed by atoms with E-state index in [-0.39, 0.29) is 24.0 Å². The van der Waals surface area contributed by atoms with Gasteiger partial charge in [-0.05, 0) is 47.4 Å². The molecule has 0 aliphatic heterocycles. The van der Waals surface area contributed by atoms with Gasteiger partial charge in [-0.3, -0.25) is 0 Å². The Morgan fingerprint density at radius 3 is 2.58 bits per heavy atom. The molecule has 130 valence electrons. The van der Waals surface area contributed by atoms with Crippen molar-refractivity contribution in [3.05, 3.63) is 42.0 Å². The number of fused-ring (bicyclic) bond motifs is 1. The van der Waals surface area contributed by atoms with Crippen LogP contribution in [0, 0.1) is 0 Å². The maximum atomic E-state index is 6.03. The minimum atomic E-state index is 0. The van der Waals surface area contributed by atoms with Crippen LogP contribution >= 0.6 is 24.0 Å². The van der Waals surface area contributed by atoms with Crippen LogP contribution in [-0.4, -0.2) is 19.1 Å². The molecule has 3 N–H and O–H groups in total. The molecule has 0 saturated heterocycles. The van der Waals surface area contributed by atoms with Crippen LogP contribution in [0.15, 0.2) is 41.4 Å². The molecule has 2 aromatic carbocycles. The number of hydrogen-bond donors (Lipinski definition) is 2. The monoisotopic (exact) mass is 439 g/mol. The van der Waals surface area contributed by atoms with E-state index in [2.05, 4.69) is 34.6 Å². The number of nitrogens with one attached hydrogen (secondary N) is 1. The average Bonchev–Trinajstić information content (AvgIpc) is 2.60. The lowest BCUT2D eigenvalue weighted by Crippen LogP contribution is -2.41. The number of halogens is 1. The first-order valence-electron chi connectivity index (χ1n) is 8.38. The Morgan fingerprint density at radius 1 is 1.12 bits per heavy atom. The highest BCUT2D eigenvalue weighted by Crippen LogP contribution is 2.22. The topological polar surface area (TPSA) is 59.6 Å². The van der Waals surface area contributed by atoms with E-state index < -0.39 is 0 Å². The minimum absolute atomic E-state index is 0. The molecule has 5 heteroatoms. The molecule has 0 bridgehead atoms. The summed E-state index contributed by atoms with van der Waals surface area (Å²) in [6, 6.07) is 13.0. The number of nitrogens with two attached hydrogens (primary N) is 1. The van der Waals surface area contributed by atoms with Gasteiger partial charge in [0.2, 0.25) is 0 Å². The fraction of sp³-hybridized carbons (Fsp3) is 0.421. The molecule has 3 rings (SSSR count). The van der Waals surface area contributed by atoms with Gasteiger partial charge in [0.1, 0.15) is 5.75 Å². The number of benzene rings is 2. The molecule has 4 nitrogen and oxygen atoms in total. The fourth-order valence-electron chi connectivity index (χ4n) is 3.18. The maximum absolute atomic E-state index is 6.03. The van der Waals surface area contributed by atoms with Crippen molar-refractivity contribution in [3.63, 3.8) is 0 Å². The molecule has 1 fully saturated rings. The lowest BCUT2D eigenvalue weighted by Gasteiger charge is -2.23. The normalized spacial score (nSPS) is 15.8. The van der Waals surface area contributed by atoms with Gasteiger partial charge in [-0.2, -0.15) is 0 Å². The van der Waals surface area contributed by atoms with Crippen molar-refractivity contribution in [2.75, 3.05) is 7.11 Å². The van der Waals surface area contributed by atoms with Crippen LogP contribution in [0.25, 0.3) is 10.8 Å². The fourth-order valence-corrected chi connectivity index (χ4v) is 3.18. The molecule has 0 radical (unpaired) electrons. The second-order valence-corrected chi connectivity index (χ2v) is 6.23. The molecule has 2 aromatic rings. The van der Waals surface area contributed by atoms with Crippen LogP contribution in [-0.2, 0) is 6.54 Å². The Balaban J connectivity index is 0.00000208. The Bertz CT molecular complexity index is 696. The average molecular weight is 439 g/mol. The van der Waals surface area contributed by atoms with E-state index in [1.54, 1.807) is 7.11 Å². The first kappa shape index (κ1) is 18.8. The van der Waals surface area contributed by atoms with Gasteiger partial charge in [0, 0.05) is 6.04 Å². The van der Waals surface area contributed by atoms with Crippen molar-refractivity contribution in [2.24, 2.45) is 10.7 Å². The number of ether oxygens (including phenoxy) is 1. The van der Waals surface area contributed by atoms with E-state index in [0.29, 0.717) is 18.5 Å². The Hall–Kier alpha value is -1.50. The quantitative estimate of drug-likeness (QED) is 0.427. The second kappa shape index (κ2) is 9.11. The number of hydrogen-bond acceptors (Lipinski definition) is 2. The summed E-state index contributed by atoms with van der Waals surface area (Å²) >= 11 is 0. The van der Waals surface area contributed by atoms with E-state index >= 15 is 0 Å². The third kappa shape index (κ3) is 5.00. The summed E-state index contributed by atoms with van der Waals surface area (Å²) in [5.74, 6) is 1.44. The number of methoxy groups -OCH3 is 1. The van der Waals surface area contributed by atoms with Gasteiger partial charge >= 0.3 is 0 Å². The maximum Gasteiger partial charge on any atom is 0.189 e. The van der Waals surface area contributed by atoms with E-state index in [1.165, 1.54) is 42.9 Å². The number of aliphatic imine (C=N–C) groups is 1. The van der Waals surface area contributed by atoms with Gasteiger partial charge in [0.15, 0.2) is 5.96 Å². The number of rotatable bonds is 4. The van der Waals surface area contributed by atoms with Gasteiger partial charge in [0.05, 0.1) is 13.7 Å². The first-order valence-corrected chi connectivity index (χ1v) is 8.38. The van der Waals surface area contributed by atoms with Crippen molar-refractivity contribution < 1.29 is 4.74 Å². The molecular formula is C19H26IN3O. The molecule has 1 aliphatic carbocycles. The predicted molar refractivity (Wildman–Crippen MR) is 111 cm³/mol. The summed E-state index contributed by atoms with van der Waals surface area (Å²) in [6.45, 7) is 0.605. The second-order valence-electron chi connectivity index (χ2n) is 6.23. The summed E-state index contributed by atoms with van der Waals surface area (Å²) in [5.41, 5.74) is 7.19. The summed E-state index contributed by atoms with van der Waals surface area (Å²) in [6.07, 6.45) is 6.33. The minimum Gasteiger partial charge on any atom is -0.497 e. The molecule has 0 heterocycles. The van der Waals surface area contributed by atoms with Crippen LogP contribution in [0.1, 0.15) is 37.7 Å². The van der Waals surface area contributed by atoms with Crippen LogP contribution < -0.4 is 15.8 Å². The highest BCUT2D eigenvalue weighted by Gasteiger charge is 2.13. The molecular weight excluding hydrogens is 413 g/mol. The van der Waals surface area contributed by atoms with Gasteiger partial charge < -0.3 is 15.8 Å². The summed E-state index contributed by atoms with van der Waals surface area (Å²) < 4.78 is 5.26. The van der Waals surface area contributed by atoms with Gasteiger partial charge in [0.25, 0.3) is 0 Å². The SMILES string of the molecule is COc1ccc2cc(CN=C(N)NC3CCCCC3)ccc2c1.I. The Kier molecular flexibility index (Phi) is 7.15. The molecule has 0 aromatic heterocycles. The van der Waals surface area contributed by atoms with Gasteiger partial charge in [-0.15, -0.1) is 24.0 Å². The van der Waals surface area contributed by atoms with Crippen molar-refractivity contribution in [1.82, 2.24) is 5.32 Å². The zero-order valence-corrected chi connectivity index (χ0v) is 16.5. The Labute approximate surface area is 160 Å². The van der Waals surface area contributed by atoms with E-state index in [4.69, 9.17) is 10.5 Å². The molecule has 0 unspecified atom stereocenters. The third-order valence-corrected chi connectivity index (χ3v) is 4.50. The summed E-state index contributed by atoms with van der Waals surface area (Å²) in [7, 11) is 1.69. The third-order valence-electron chi connectivity index (χ3n) is 4.50. The van der Waals surface area contributed by atoms with E-state index in [9.17, 15) is 0 Å². The number of nitrogens with zero attached hydrogens (tertiary/aromatic N) is 1. The van der Waals surface area contributed by atoms with E-state index in [0.717, 1.165) is 11.3 Å². The van der Waals surface area contributed by atoms with E-state index in [1.807, 2.05) is 12.1 Å². The lowest BCUT2D eigenvalue weighted by atomic mass is 9.96. The zero-order chi connectivity index (χ0) is 16.1.